The van der Waals surface area contributed by atoms with Crippen LogP contribution in [0.4, 0.5) is 0 Å². The van der Waals surface area contributed by atoms with Gasteiger partial charge in [-0.1, -0.05) is 37.3 Å². The molecule has 0 aliphatic carbocycles. The summed E-state index contributed by atoms with van der Waals surface area (Å²) in [6.07, 6.45) is 1.32. The number of nitrogens with two attached hydrogens (primary N) is 1. The van der Waals surface area contributed by atoms with Crippen LogP contribution in [0.5, 0.6) is 0 Å². The Morgan fingerprint density at radius 1 is 1.20 bits per heavy atom. The smallest absolute Gasteiger partial charge is 0.242 e. The summed E-state index contributed by atoms with van der Waals surface area (Å²) in [5.74, 6) is -0.500. The van der Waals surface area contributed by atoms with Crippen molar-refractivity contribution < 1.29 is 9.59 Å². The first-order chi connectivity index (χ1) is 9.54. The molecule has 2 amide bonds. The summed E-state index contributed by atoms with van der Waals surface area (Å²) >= 11 is 0. The number of carbonyl (C=O) groups excluding carboxylic acids is 2. The molecule has 0 bridgehead atoms. The maximum atomic E-state index is 11.9. The fourth-order valence-corrected chi connectivity index (χ4v) is 1.75. The van der Waals surface area contributed by atoms with Crippen LogP contribution in [0.15, 0.2) is 30.3 Å². The molecule has 0 aliphatic rings. The average molecular weight is 277 g/mol. The average Bonchev–Trinajstić information content (AvgIpc) is 2.45. The van der Waals surface area contributed by atoms with E-state index in [1.165, 1.54) is 0 Å². The molecular formula is C15H23N3O2. The molecule has 1 rings (SSSR count). The van der Waals surface area contributed by atoms with Gasteiger partial charge in [-0.15, -0.1) is 0 Å². The Balaban J connectivity index is 2.43. The third-order valence-corrected chi connectivity index (χ3v) is 2.94. The fourth-order valence-electron chi connectivity index (χ4n) is 1.75. The van der Waals surface area contributed by atoms with E-state index in [1.54, 1.807) is 6.92 Å². The number of hydrogen-bond donors (Lipinski definition) is 3. The van der Waals surface area contributed by atoms with E-state index in [2.05, 4.69) is 10.6 Å². The lowest BCUT2D eigenvalue weighted by Crippen LogP contribution is -2.50. The molecule has 0 saturated carbocycles. The summed E-state index contributed by atoms with van der Waals surface area (Å²) in [6, 6.07) is 8.33. The van der Waals surface area contributed by atoms with Crippen LogP contribution in [0.1, 0.15) is 25.8 Å². The standard InChI is InChI=1S/C15H23N3O2/c1-3-9-17-14(19)11(2)18-15(20)13(16)10-12-7-5-4-6-8-12/h4-8,11,13H,3,9-10,16H2,1-2H3,(H,17,19)(H,18,20)/t11?,13-/m1/s1. The number of rotatable bonds is 7. The maximum absolute atomic E-state index is 11.9. The third kappa shape index (κ3) is 5.40. The lowest BCUT2D eigenvalue weighted by Gasteiger charge is -2.17. The highest BCUT2D eigenvalue weighted by Gasteiger charge is 2.19. The van der Waals surface area contributed by atoms with Crippen molar-refractivity contribution in [1.29, 1.82) is 0 Å². The Bertz CT molecular complexity index is 434. The maximum Gasteiger partial charge on any atom is 0.242 e. The van der Waals surface area contributed by atoms with Crippen LogP contribution in [-0.4, -0.2) is 30.4 Å². The minimum absolute atomic E-state index is 0.188. The summed E-state index contributed by atoms with van der Waals surface area (Å²) in [5, 5.41) is 5.36. The van der Waals surface area contributed by atoms with Gasteiger partial charge in [-0.3, -0.25) is 9.59 Å². The molecule has 0 spiro atoms. The lowest BCUT2D eigenvalue weighted by atomic mass is 10.1. The summed E-state index contributed by atoms with van der Waals surface area (Å²) in [6.45, 7) is 4.23. The van der Waals surface area contributed by atoms with E-state index in [-0.39, 0.29) is 11.8 Å². The van der Waals surface area contributed by atoms with Gasteiger partial charge in [0.25, 0.3) is 0 Å². The van der Waals surface area contributed by atoms with E-state index in [9.17, 15) is 9.59 Å². The molecule has 5 nitrogen and oxygen atoms in total. The van der Waals surface area contributed by atoms with Crippen molar-refractivity contribution in [3.05, 3.63) is 35.9 Å². The Labute approximate surface area is 119 Å². The fraction of sp³-hybridized carbons (Fsp3) is 0.467. The van der Waals surface area contributed by atoms with Gasteiger partial charge in [-0.2, -0.15) is 0 Å². The second kappa shape index (κ2) is 8.32. The SMILES string of the molecule is CCCNC(=O)C(C)NC(=O)[C@H](N)Cc1ccccc1. The van der Waals surface area contributed by atoms with E-state index >= 15 is 0 Å². The number of benzene rings is 1. The monoisotopic (exact) mass is 277 g/mol. The van der Waals surface area contributed by atoms with Crippen molar-refractivity contribution in [2.24, 2.45) is 5.73 Å². The van der Waals surface area contributed by atoms with Crippen molar-refractivity contribution in [3.63, 3.8) is 0 Å². The molecule has 2 atom stereocenters. The zero-order chi connectivity index (χ0) is 15.0. The predicted octanol–water partition coefficient (Wildman–Crippen LogP) is 0.587. The van der Waals surface area contributed by atoms with Crippen molar-refractivity contribution in [2.75, 3.05) is 6.54 Å². The van der Waals surface area contributed by atoms with Crippen LogP contribution in [0.25, 0.3) is 0 Å². The molecular weight excluding hydrogens is 254 g/mol. The van der Waals surface area contributed by atoms with Gasteiger partial charge in [0.1, 0.15) is 6.04 Å². The summed E-state index contributed by atoms with van der Waals surface area (Å²) in [7, 11) is 0. The highest BCUT2D eigenvalue weighted by molar-refractivity contribution is 5.89. The summed E-state index contributed by atoms with van der Waals surface area (Å²) < 4.78 is 0. The van der Waals surface area contributed by atoms with Crippen molar-refractivity contribution in [3.8, 4) is 0 Å². The molecule has 5 heteroatoms. The van der Waals surface area contributed by atoms with Crippen molar-refractivity contribution in [2.45, 2.75) is 38.8 Å². The van der Waals surface area contributed by atoms with E-state index in [0.717, 1.165) is 12.0 Å². The van der Waals surface area contributed by atoms with E-state index in [4.69, 9.17) is 5.73 Å². The largest absolute Gasteiger partial charge is 0.354 e. The number of hydrogen-bond acceptors (Lipinski definition) is 3. The van der Waals surface area contributed by atoms with Gasteiger partial charge in [0.15, 0.2) is 0 Å². The number of amides is 2. The normalized spacial score (nSPS) is 13.3. The van der Waals surface area contributed by atoms with Gasteiger partial charge >= 0.3 is 0 Å². The first-order valence-electron chi connectivity index (χ1n) is 6.92. The molecule has 4 N–H and O–H groups in total. The Morgan fingerprint density at radius 2 is 1.85 bits per heavy atom. The zero-order valence-electron chi connectivity index (χ0n) is 12.1. The predicted molar refractivity (Wildman–Crippen MR) is 79.0 cm³/mol. The van der Waals surface area contributed by atoms with Gasteiger partial charge in [0.05, 0.1) is 6.04 Å². The van der Waals surface area contributed by atoms with E-state index in [1.807, 2.05) is 37.3 Å². The van der Waals surface area contributed by atoms with Gasteiger partial charge in [0.2, 0.25) is 11.8 Å². The Morgan fingerprint density at radius 3 is 2.45 bits per heavy atom. The molecule has 0 saturated heterocycles. The van der Waals surface area contributed by atoms with Crippen LogP contribution >= 0.6 is 0 Å². The molecule has 0 fully saturated rings. The van der Waals surface area contributed by atoms with Gasteiger partial charge in [0, 0.05) is 6.54 Å². The van der Waals surface area contributed by atoms with Crippen molar-refractivity contribution in [1.82, 2.24) is 10.6 Å². The third-order valence-electron chi connectivity index (χ3n) is 2.94. The van der Waals surface area contributed by atoms with Gasteiger partial charge in [-0.25, -0.2) is 0 Å². The molecule has 110 valence electrons. The number of carbonyl (C=O) groups is 2. The molecule has 0 aromatic heterocycles. The van der Waals surface area contributed by atoms with E-state index < -0.39 is 12.1 Å². The first-order valence-corrected chi connectivity index (χ1v) is 6.92. The highest BCUT2D eigenvalue weighted by atomic mass is 16.2. The zero-order valence-corrected chi connectivity index (χ0v) is 12.1. The Kier molecular flexibility index (Phi) is 6.73. The second-order valence-corrected chi connectivity index (χ2v) is 4.82. The second-order valence-electron chi connectivity index (χ2n) is 4.82. The summed E-state index contributed by atoms with van der Waals surface area (Å²) in [5.41, 5.74) is 6.85. The van der Waals surface area contributed by atoms with Crippen LogP contribution < -0.4 is 16.4 Å². The molecule has 0 heterocycles. The van der Waals surface area contributed by atoms with Gasteiger partial charge < -0.3 is 16.4 Å². The first kappa shape index (κ1) is 16.2. The highest BCUT2D eigenvalue weighted by Crippen LogP contribution is 2.02. The minimum Gasteiger partial charge on any atom is -0.354 e. The topological polar surface area (TPSA) is 84.2 Å². The summed E-state index contributed by atoms with van der Waals surface area (Å²) in [4.78, 5) is 23.6. The van der Waals surface area contributed by atoms with Crippen LogP contribution in [-0.2, 0) is 16.0 Å². The van der Waals surface area contributed by atoms with Gasteiger partial charge in [-0.05, 0) is 25.3 Å². The lowest BCUT2D eigenvalue weighted by molar-refractivity contribution is -0.129. The van der Waals surface area contributed by atoms with Crippen LogP contribution in [0.3, 0.4) is 0 Å². The Hall–Kier alpha value is -1.88. The van der Waals surface area contributed by atoms with Crippen molar-refractivity contribution >= 4 is 11.8 Å². The van der Waals surface area contributed by atoms with Crippen LogP contribution in [0, 0.1) is 0 Å². The molecule has 0 radical (unpaired) electrons. The van der Waals surface area contributed by atoms with Crippen LogP contribution in [0.2, 0.25) is 0 Å². The van der Waals surface area contributed by atoms with E-state index in [0.29, 0.717) is 13.0 Å². The number of nitrogens with one attached hydrogen (secondary N) is 2. The molecule has 20 heavy (non-hydrogen) atoms. The molecule has 1 unspecified atom stereocenters. The molecule has 0 aliphatic heterocycles. The minimum atomic E-state index is -0.654. The quantitative estimate of drug-likeness (QED) is 0.682. The molecule has 1 aromatic rings. The molecule has 1 aromatic carbocycles.